The SMILES string of the molecule is Cc1c(Cl)cccc1Nc1ccccc1C(=O)O.Cc1cccnc1. The van der Waals surface area contributed by atoms with E-state index >= 15 is 0 Å². The van der Waals surface area contributed by atoms with Gasteiger partial charge in [0, 0.05) is 23.1 Å². The van der Waals surface area contributed by atoms with Crippen molar-refractivity contribution in [2.24, 2.45) is 0 Å². The molecule has 1 aromatic heterocycles. The van der Waals surface area contributed by atoms with Gasteiger partial charge in [-0.15, -0.1) is 0 Å². The molecule has 1 heterocycles. The van der Waals surface area contributed by atoms with E-state index in [1.807, 2.05) is 44.3 Å². The lowest BCUT2D eigenvalue weighted by atomic mass is 10.1. The molecule has 128 valence electrons. The second-order valence-electron chi connectivity index (χ2n) is 5.42. The molecule has 0 atom stereocenters. The summed E-state index contributed by atoms with van der Waals surface area (Å²) in [5.41, 5.74) is 3.69. The van der Waals surface area contributed by atoms with Gasteiger partial charge in [0.25, 0.3) is 0 Å². The van der Waals surface area contributed by atoms with Crippen LogP contribution < -0.4 is 5.32 Å². The molecule has 0 spiro atoms. The van der Waals surface area contributed by atoms with E-state index < -0.39 is 5.97 Å². The summed E-state index contributed by atoms with van der Waals surface area (Å²) in [6.07, 6.45) is 3.60. The Morgan fingerprint density at radius 2 is 1.72 bits per heavy atom. The van der Waals surface area contributed by atoms with Gasteiger partial charge in [0.2, 0.25) is 0 Å². The molecule has 4 nitrogen and oxygen atoms in total. The molecule has 0 saturated carbocycles. The molecule has 0 fully saturated rings. The summed E-state index contributed by atoms with van der Waals surface area (Å²) in [4.78, 5) is 15.0. The predicted molar refractivity (Wildman–Crippen MR) is 102 cm³/mol. The summed E-state index contributed by atoms with van der Waals surface area (Å²) >= 11 is 6.03. The zero-order valence-corrected chi connectivity index (χ0v) is 14.8. The second kappa shape index (κ2) is 8.85. The number of hydrogen-bond donors (Lipinski definition) is 2. The van der Waals surface area contributed by atoms with E-state index in [0.29, 0.717) is 10.7 Å². The van der Waals surface area contributed by atoms with Crippen molar-refractivity contribution in [2.45, 2.75) is 13.8 Å². The van der Waals surface area contributed by atoms with Crippen molar-refractivity contribution in [2.75, 3.05) is 5.32 Å². The number of carbonyl (C=O) groups is 1. The molecule has 3 rings (SSSR count). The summed E-state index contributed by atoms with van der Waals surface area (Å²) in [5.74, 6) is -0.960. The molecular weight excluding hydrogens is 336 g/mol. The Labute approximate surface area is 152 Å². The maximum absolute atomic E-state index is 11.1. The summed E-state index contributed by atoms with van der Waals surface area (Å²) in [7, 11) is 0. The van der Waals surface area contributed by atoms with E-state index in [1.165, 1.54) is 5.56 Å². The maximum atomic E-state index is 11.1. The lowest BCUT2D eigenvalue weighted by molar-refractivity contribution is 0.0698. The Bertz CT molecular complexity index is 851. The molecule has 5 heteroatoms. The topological polar surface area (TPSA) is 62.2 Å². The summed E-state index contributed by atoms with van der Waals surface area (Å²) < 4.78 is 0. The normalized spacial score (nSPS) is 9.72. The molecule has 0 aliphatic heterocycles. The largest absolute Gasteiger partial charge is 0.478 e. The first-order valence-electron chi connectivity index (χ1n) is 7.70. The van der Waals surface area contributed by atoms with Crippen molar-refractivity contribution in [1.29, 1.82) is 0 Å². The third-order valence-electron chi connectivity index (χ3n) is 3.50. The van der Waals surface area contributed by atoms with E-state index in [4.69, 9.17) is 16.7 Å². The second-order valence-corrected chi connectivity index (χ2v) is 5.83. The van der Waals surface area contributed by atoms with Crippen molar-refractivity contribution in [3.05, 3.63) is 88.7 Å². The van der Waals surface area contributed by atoms with Crippen molar-refractivity contribution in [1.82, 2.24) is 4.98 Å². The number of nitrogens with one attached hydrogen (secondary N) is 1. The van der Waals surface area contributed by atoms with Gasteiger partial charge in [0.15, 0.2) is 0 Å². The molecule has 0 radical (unpaired) electrons. The lowest BCUT2D eigenvalue weighted by Crippen LogP contribution is -2.03. The number of aryl methyl sites for hydroxylation is 1. The van der Waals surface area contributed by atoms with Crippen LogP contribution in [0.4, 0.5) is 11.4 Å². The number of nitrogens with zero attached hydrogens (tertiary/aromatic N) is 1. The average molecular weight is 355 g/mol. The Kier molecular flexibility index (Phi) is 6.54. The Balaban J connectivity index is 0.000000269. The van der Waals surface area contributed by atoms with Crippen LogP contribution in [0.3, 0.4) is 0 Å². The van der Waals surface area contributed by atoms with Crippen LogP contribution in [0.1, 0.15) is 21.5 Å². The van der Waals surface area contributed by atoms with Crippen LogP contribution >= 0.6 is 11.6 Å². The number of pyridine rings is 1. The third kappa shape index (κ3) is 5.33. The van der Waals surface area contributed by atoms with Crippen LogP contribution in [0, 0.1) is 13.8 Å². The Morgan fingerprint density at radius 3 is 2.32 bits per heavy atom. The van der Waals surface area contributed by atoms with Gasteiger partial charge in [-0.05, 0) is 55.3 Å². The van der Waals surface area contributed by atoms with Gasteiger partial charge >= 0.3 is 5.97 Å². The van der Waals surface area contributed by atoms with Crippen molar-refractivity contribution >= 4 is 28.9 Å². The number of para-hydroxylation sites is 1. The van der Waals surface area contributed by atoms with Crippen LogP contribution in [-0.4, -0.2) is 16.1 Å². The van der Waals surface area contributed by atoms with E-state index in [2.05, 4.69) is 10.3 Å². The van der Waals surface area contributed by atoms with Gasteiger partial charge in [-0.3, -0.25) is 4.98 Å². The Morgan fingerprint density at radius 1 is 1.00 bits per heavy atom. The van der Waals surface area contributed by atoms with E-state index in [0.717, 1.165) is 11.3 Å². The molecule has 25 heavy (non-hydrogen) atoms. The first kappa shape index (κ1) is 18.5. The van der Waals surface area contributed by atoms with Gasteiger partial charge in [-0.1, -0.05) is 35.9 Å². The molecule has 0 bridgehead atoms. The van der Waals surface area contributed by atoms with Crippen LogP contribution in [0.25, 0.3) is 0 Å². The summed E-state index contributed by atoms with van der Waals surface area (Å²) in [6, 6.07) is 16.2. The Hall–Kier alpha value is -2.85. The monoisotopic (exact) mass is 354 g/mol. The highest BCUT2D eigenvalue weighted by molar-refractivity contribution is 6.31. The molecule has 2 aromatic carbocycles. The van der Waals surface area contributed by atoms with Crippen molar-refractivity contribution < 1.29 is 9.90 Å². The number of halogens is 1. The molecule has 0 saturated heterocycles. The lowest BCUT2D eigenvalue weighted by Gasteiger charge is -2.12. The number of anilines is 2. The third-order valence-corrected chi connectivity index (χ3v) is 3.91. The first-order chi connectivity index (χ1) is 12.0. The van der Waals surface area contributed by atoms with Crippen LogP contribution in [0.5, 0.6) is 0 Å². The van der Waals surface area contributed by atoms with Gasteiger partial charge in [0.1, 0.15) is 0 Å². The van der Waals surface area contributed by atoms with Gasteiger partial charge < -0.3 is 10.4 Å². The standard InChI is InChI=1S/C14H12ClNO2.C6H7N/c1-9-11(15)6-4-8-12(9)16-13-7-3-2-5-10(13)14(17)18;1-6-3-2-4-7-5-6/h2-8,16H,1H3,(H,17,18);2-5H,1H3. The maximum Gasteiger partial charge on any atom is 0.337 e. The average Bonchev–Trinajstić information content (AvgIpc) is 2.60. The number of benzene rings is 2. The van der Waals surface area contributed by atoms with Gasteiger partial charge in [0.05, 0.1) is 11.3 Å². The highest BCUT2D eigenvalue weighted by Crippen LogP contribution is 2.27. The fourth-order valence-electron chi connectivity index (χ4n) is 2.11. The zero-order valence-electron chi connectivity index (χ0n) is 14.0. The van der Waals surface area contributed by atoms with Gasteiger partial charge in [-0.25, -0.2) is 4.79 Å². The quantitative estimate of drug-likeness (QED) is 0.653. The van der Waals surface area contributed by atoms with E-state index in [1.54, 1.807) is 36.5 Å². The van der Waals surface area contributed by atoms with Crippen molar-refractivity contribution in [3.63, 3.8) is 0 Å². The molecule has 0 unspecified atom stereocenters. The fourth-order valence-corrected chi connectivity index (χ4v) is 2.29. The molecule has 0 amide bonds. The van der Waals surface area contributed by atoms with Crippen LogP contribution in [0.15, 0.2) is 67.0 Å². The van der Waals surface area contributed by atoms with Gasteiger partial charge in [-0.2, -0.15) is 0 Å². The molecule has 3 aromatic rings. The van der Waals surface area contributed by atoms with Crippen LogP contribution in [0.2, 0.25) is 5.02 Å². The fraction of sp³-hybridized carbons (Fsp3) is 0.100. The minimum Gasteiger partial charge on any atom is -0.478 e. The highest BCUT2D eigenvalue weighted by Gasteiger charge is 2.10. The molecular formula is C20H19ClN2O2. The van der Waals surface area contributed by atoms with E-state index in [9.17, 15) is 4.79 Å². The predicted octanol–water partition coefficient (Wildman–Crippen LogP) is 5.48. The van der Waals surface area contributed by atoms with Crippen LogP contribution in [-0.2, 0) is 0 Å². The number of carboxylic acid groups (broad SMARTS) is 1. The number of aromatic carboxylic acids is 1. The summed E-state index contributed by atoms with van der Waals surface area (Å²) in [5, 5.41) is 12.8. The highest BCUT2D eigenvalue weighted by atomic mass is 35.5. The number of rotatable bonds is 3. The summed E-state index contributed by atoms with van der Waals surface area (Å²) in [6.45, 7) is 3.90. The number of carboxylic acids is 1. The minimum absolute atomic E-state index is 0.233. The number of hydrogen-bond acceptors (Lipinski definition) is 3. The first-order valence-corrected chi connectivity index (χ1v) is 8.08. The smallest absolute Gasteiger partial charge is 0.337 e. The molecule has 0 aliphatic carbocycles. The number of aromatic nitrogens is 1. The van der Waals surface area contributed by atoms with Crippen molar-refractivity contribution in [3.8, 4) is 0 Å². The molecule has 0 aliphatic rings. The van der Waals surface area contributed by atoms with E-state index in [-0.39, 0.29) is 5.56 Å². The molecule has 2 N–H and O–H groups in total. The zero-order chi connectivity index (χ0) is 18.2. The minimum atomic E-state index is -0.960.